The SMILES string of the molecule is O=C(c1ccccc1I)N1Cc2ccccc2-c2ccccc21.O=c1c2ccccc2c2cccc3c2n1Cc1ccccc1-3. The van der Waals surface area contributed by atoms with Crippen molar-refractivity contribution in [3.63, 3.8) is 0 Å². The lowest BCUT2D eigenvalue weighted by molar-refractivity contribution is 0.0984. The minimum Gasteiger partial charge on any atom is -0.303 e. The van der Waals surface area contributed by atoms with Crippen LogP contribution in [0.3, 0.4) is 0 Å². The molecule has 45 heavy (non-hydrogen) atoms. The van der Waals surface area contributed by atoms with Crippen LogP contribution in [0.5, 0.6) is 0 Å². The molecule has 3 heterocycles. The molecule has 5 heteroatoms. The van der Waals surface area contributed by atoms with Gasteiger partial charge < -0.3 is 9.47 Å². The Labute approximate surface area is 274 Å². The second-order valence-electron chi connectivity index (χ2n) is 11.3. The average molecular weight is 695 g/mol. The molecule has 0 bridgehead atoms. The Balaban J connectivity index is 0.000000134. The van der Waals surface area contributed by atoms with E-state index < -0.39 is 0 Å². The monoisotopic (exact) mass is 694 g/mol. The van der Waals surface area contributed by atoms with Crippen molar-refractivity contribution in [2.45, 2.75) is 13.1 Å². The number of benzene rings is 6. The van der Waals surface area contributed by atoms with E-state index in [9.17, 15) is 9.59 Å². The van der Waals surface area contributed by atoms with Gasteiger partial charge in [-0.15, -0.1) is 0 Å². The molecule has 4 nitrogen and oxygen atoms in total. The molecule has 1 amide bonds. The molecule has 0 saturated carbocycles. The molecule has 1 aromatic heterocycles. The highest BCUT2D eigenvalue weighted by Crippen LogP contribution is 2.40. The van der Waals surface area contributed by atoms with Gasteiger partial charge in [0.05, 0.1) is 29.9 Å². The van der Waals surface area contributed by atoms with Gasteiger partial charge in [-0.05, 0) is 74.5 Å². The number of para-hydroxylation sites is 2. The smallest absolute Gasteiger partial charge is 0.259 e. The Morgan fingerprint density at radius 3 is 1.87 bits per heavy atom. The first-order chi connectivity index (χ1) is 22.1. The maximum absolute atomic E-state index is 13.1. The summed E-state index contributed by atoms with van der Waals surface area (Å²) in [5.74, 6) is 0.0527. The molecule has 0 unspecified atom stereocenters. The molecule has 7 aromatic rings. The lowest BCUT2D eigenvalue weighted by Crippen LogP contribution is -2.33. The van der Waals surface area contributed by atoms with Crippen molar-refractivity contribution < 1.29 is 4.79 Å². The average Bonchev–Trinajstić information content (AvgIpc) is 3.10. The van der Waals surface area contributed by atoms with Crippen molar-refractivity contribution in [1.82, 2.24) is 4.57 Å². The number of aromatic nitrogens is 1. The number of halogens is 1. The summed E-state index contributed by atoms with van der Waals surface area (Å²) in [6.45, 7) is 1.25. The number of carbonyl (C=O) groups excluding carboxylic acids is 1. The highest BCUT2D eigenvalue weighted by molar-refractivity contribution is 14.1. The van der Waals surface area contributed by atoms with Gasteiger partial charge in [0, 0.05) is 25.5 Å². The third-order valence-corrected chi connectivity index (χ3v) is 9.76. The van der Waals surface area contributed by atoms with E-state index in [1.54, 1.807) is 0 Å². The fraction of sp³-hybridized carbons (Fsp3) is 0.0500. The molecule has 216 valence electrons. The quantitative estimate of drug-likeness (QED) is 0.127. The molecule has 0 atom stereocenters. The second kappa shape index (κ2) is 11.2. The Morgan fingerprint density at radius 1 is 0.533 bits per heavy atom. The molecule has 9 rings (SSSR count). The third-order valence-electron chi connectivity index (χ3n) is 8.81. The molecular weight excluding hydrogens is 667 g/mol. The first-order valence-corrected chi connectivity index (χ1v) is 16.0. The van der Waals surface area contributed by atoms with Crippen LogP contribution in [0.4, 0.5) is 5.69 Å². The zero-order chi connectivity index (χ0) is 30.5. The van der Waals surface area contributed by atoms with E-state index in [2.05, 4.69) is 77.2 Å². The van der Waals surface area contributed by atoms with Gasteiger partial charge in [-0.2, -0.15) is 0 Å². The summed E-state index contributed by atoms with van der Waals surface area (Å²) in [7, 11) is 0. The van der Waals surface area contributed by atoms with Gasteiger partial charge in [0.1, 0.15) is 0 Å². The Bertz CT molecular complexity index is 2360. The fourth-order valence-electron chi connectivity index (χ4n) is 6.74. The minimum atomic E-state index is 0.0527. The molecule has 0 N–H and O–H groups in total. The van der Waals surface area contributed by atoms with Crippen molar-refractivity contribution in [3.8, 4) is 22.3 Å². The first kappa shape index (κ1) is 27.5. The maximum Gasteiger partial charge on any atom is 0.259 e. The number of nitrogens with zero attached hydrogens (tertiary/aromatic N) is 2. The van der Waals surface area contributed by atoms with E-state index in [0.29, 0.717) is 13.1 Å². The predicted molar refractivity (Wildman–Crippen MR) is 192 cm³/mol. The lowest BCUT2D eigenvalue weighted by atomic mass is 9.92. The van der Waals surface area contributed by atoms with E-state index >= 15 is 0 Å². The van der Waals surface area contributed by atoms with Gasteiger partial charge in [0.15, 0.2) is 0 Å². The van der Waals surface area contributed by atoms with Gasteiger partial charge in [0.25, 0.3) is 11.5 Å². The summed E-state index contributed by atoms with van der Waals surface area (Å²) in [6, 6.07) is 46.7. The Hall–Kier alpha value is -5.01. The molecule has 2 aliphatic heterocycles. The molecule has 0 radical (unpaired) electrons. The van der Waals surface area contributed by atoms with Gasteiger partial charge in [-0.1, -0.05) is 115 Å². The number of hydrogen-bond acceptors (Lipinski definition) is 2. The summed E-state index contributed by atoms with van der Waals surface area (Å²) < 4.78 is 2.90. The van der Waals surface area contributed by atoms with Crippen LogP contribution in [0.2, 0.25) is 0 Å². The van der Waals surface area contributed by atoms with Gasteiger partial charge in [0.2, 0.25) is 0 Å². The standard InChI is InChI=1S/C20H14INO.C20H13NO/c21-18-11-5-3-10-17(18)20(23)22-13-14-7-1-2-8-15(14)16-9-4-6-12-19(16)22;22-20-18-9-4-3-8-15(18)17-11-5-10-16-14-7-2-1-6-13(14)12-21(20)19(16)17/h1-12H,13H2;1-11H,12H2. The van der Waals surface area contributed by atoms with Crippen molar-refractivity contribution in [2.24, 2.45) is 0 Å². The van der Waals surface area contributed by atoms with Crippen molar-refractivity contribution in [2.75, 3.05) is 4.90 Å². The van der Waals surface area contributed by atoms with Crippen molar-refractivity contribution >= 4 is 55.9 Å². The van der Waals surface area contributed by atoms with E-state index in [-0.39, 0.29) is 11.5 Å². The molecule has 0 spiro atoms. The van der Waals surface area contributed by atoms with Gasteiger partial charge >= 0.3 is 0 Å². The summed E-state index contributed by atoms with van der Waals surface area (Å²) in [4.78, 5) is 27.9. The summed E-state index contributed by atoms with van der Waals surface area (Å²) >= 11 is 2.22. The number of fused-ring (bicyclic) bond motifs is 7. The van der Waals surface area contributed by atoms with E-state index in [4.69, 9.17) is 0 Å². The van der Waals surface area contributed by atoms with Crippen molar-refractivity contribution in [3.05, 3.63) is 170 Å². The zero-order valence-corrected chi connectivity index (χ0v) is 26.4. The number of anilines is 1. The summed E-state index contributed by atoms with van der Waals surface area (Å²) in [6.07, 6.45) is 0. The number of amides is 1. The fourth-order valence-corrected chi connectivity index (χ4v) is 7.36. The minimum absolute atomic E-state index is 0.0527. The van der Waals surface area contributed by atoms with Gasteiger partial charge in [-0.25, -0.2) is 0 Å². The number of carbonyl (C=O) groups is 1. The highest BCUT2D eigenvalue weighted by Gasteiger charge is 2.27. The van der Waals surface area contributed by atoms with E-state index in [1.807, 2.05) is 94.4 Å². The topological polar surface area (TPSA) is 42.3 Å². The molecular formula is C40H27IN2O2. The van der Waals surface area contributed by atoms with Crippen LogP contribution in [0, 0.1) is 3.57 Å². The second-order valence-corrected chi connectivity index (χ2v) is 12.5. The number of rotatable bonds is 1. The van der Waals surface area contributed by atoms with Crippen LogP contribution < -0.4 is 10.5 Å². The van der Waals surface area contributed by atoms with E-state index in [0.717, 1.165) is 47.6 Å². The summed E-state index contributed by atoms with van der Waals surface area (Å²) in [5.41, 5.74) is 10.0. The molecule has 0 aliphatic carbocycles. The summed E-state index contributed by atoms with van der Waals surface area (Å²) in [5, 5.41) is 2.99. The third kappa shape index (κ3) is 4.57. The Morgan fingerprint density at radius 2 is 1.09 bits per heavy atom. The molecule has 6 aromatic carbocycles. The van der Waals surface area contributed by atoms with E-state index in [1.165, 1.54) is 22.3 Å². The molecule has 2 aliphatic rings. The Kier molecular flexibility index (Phi) is 6.83. The van der Waals surface area contributed by atoms with Crippen molar-refractivity contribution in [1.29, 1.82) is 0 Å². The van der Waals surface area contributed by atoms with Crippen LogP contribution in [0.15, 0.2) is 144 Å². The maximum atomic E-state index is 13.1. The van der Waals surface area contributed by atoms with Crippen LogP contribution in [0.1, 0.15) is 21.5 Å². The normalized spacial score (nSPS) is 12.5. The van der Waals surface area contributed by atoms with Crippen LogP contribution in [-0.4, -0.2) is 10.5 Å². The van der Waals surface area contributed by atoms with Gasteiger partial charge in [-0.3, -0.25) is 9.59 Å². The largest absolute Gasteiger partial charge is 0.303 e. The zero-order valence-electron chi connectivity index (χ0n) is 24.3. The molecule has 0 fully saturated rings. The van der Waals surface area contributed by atoms with Crippen LogP contribution in [0.25, 0.3) is 43.9 Å². The number of hydrogen-bond donors (Lipinski definition) is 0. The highest BCUT2D eigenvalue weighted by atomic mass is 127. The number of pyridine rings is 1. The first-order valence-electron chi connectivity index (χ1n) is 15.0. The molecule has 0 saturated heterocycles. The van der Waals surface area contributed by atoms with Crippen LogP contribution >= 0.6 is 22.6 Å². The predicted octanol–water partition coefficient (Wildman–Crippen LogP) is 9.30. The lowest BCUT2D eigenvalue weighted by Gasteiger charge is -2.31. The van der Waals surface area contributed by atoms with Crippen LogP contribution in [-0.2, 0) is 13.1 Å².